The predicted molar refractivity (Wildman–Crippen MR) is 83.4 cm³/mol. The SMILES string of the molecule is C[C@@H](NC(=O)CN1CCN(Cc2ccccc2)CC1)C(=O)O. The third-order valence-corrected chi connectivity index (χ3v) is 3.83. The van der Waals surface area contributed by atoms with Crippen molar-refractivity contribution in [2.75, 3.05) is 32.7 Å². The highest BCUT2D eigenvalue weighted by Crippen LogP contribution is 2.08. The van der Waals surface area contributed by atoms with Crippen molar-refractivity contribution in [1.82, 2.24) is 15.1 Å². The van der Waals surface area contributed by atoms with Gasteiger partial charge in [0.15, 0.2) is 0 Å². The predicted octanol–water partition coefficient (Wildman–Crippen LogP) is 0.394. The van der Waals surface area contributed by atoms with Gasteiger partial charge in [-0.2, -0.15) is 0 Å². The van der Waals surface area contributed by atoms with Crippen molar-refractivity contribution in [2.24, 2.45) is 0 Å². The highest BCUT2D eigenvalue weighted by Gasteiger charge is 2.20. The van der Waals surface area contributed by atoms with Gasteiger partial charge in [0.25, 0.3) is 0 Å². The summed E-state index contributed by atoms with van der Waals surface area (Å²) in [5, 5.41) is 11.3. The Labute approximate surface area is 130 Å². The van der Waals surface area contributed by atoms with Crippen LogP contribution >= 0.6 is 0 Å². The Morgan fingerprint density at radius 1 is 1.14 bits per heavy atom. The van der Waals surface area contributed by atoms with E-state index in [0.29, 0.717) is 0 Å². The van der Waals surface area contributed by atoms with Crippen molar-refractivity contribution in [3.8, 4) is 0 Å². The lowest BCUT2D eigenvalue weighted by molar-refractivity contribution is -0.141. The van der Waals surface area contributed by atoms with Crippen molar-refractivity contribution in [3.05, 3.63) is 35.9 Å². The lowest BCUT2D eigenvalue weighted by atomic mass is 10.2. The fourth-order valence-electron chi connectivity index (χ4n) is 2.50. The molecule has 1 heterocycles. The highest BCUT2D eigenvalue weighted by atomic mass is 16.4. The van der Waals surface area contributed by atoms with E-state index in [0.717, 1.165) is 32.7 Å². The Morgan fingerprint density at radius 3 is 2.32 bits per heavy atom. The van der Waals surface area contributed by atoms with Gasteiger partial charge in [-0.05, 0) is 12.5 Å². The van der Waals surface area contributed by atoms with Crippen molar-refractivity contribution in [1.29, 1.82) is 0 Å². The largest absolute Gasteiger partial charge is 0.480 e. The van der Waals surface area contributed by atoms with Crippen LogP contribution in [0.3, 0.4) is 0 Å². The molecule has 0 spiro atoms. The van der Waals surface area contributed by atoms with Crippen LogP contribution in [0.25, 0.3) is 0 Å². The summed E-state index contributed by atoms with van der Waals surface area (Å²) in [6, 6.07) is 9.49. The van der Waals surface area contributed by atoms with E-state index in [1.807, 2.05) is 18.2 Å². The van der Waals surface area contributed by atoms with Crippen molar-refractivity contribution < 1.29 is 14.7 Å². The number of aliphatic carboxylic acids is 1. The minimum Gasteiger partial charge on any atom is -0.480 e. The number of nitrogens with one attached hydrogen (secondary N) is 1. The normalized spacial score (nSPS) is 17.9. The number of carboxylic acids is 1. The summed E-state index contributed by atoms with van der Waals surface area (Å²) in [4.78, 5) is 26.9. The average Bonchev–Trinajstić information content (AvgIpc) is 2.50. The van der Waals surface area contributed by atoms with Gasteiger partial charge in [-0.1, -0.05) is 30.3 Å². The first-order chi connectivity index (χ1) is 10.5. The van der Waals surface area contributed by atoms with Gasteiger partial charge < -0.3 is 10.4 Å². The Morgan fingerprint density at radius 2 is 1.73 bits per heavy atom. The maximum absolute atomic E-state index is 11.8. The van der Waals surface area contributed by atoms with E-state index in [9.17, 15) is 9.59 Å². The number of amides is 1. The highest BCUT2D eigenvalue weighted by molar-refractivity contribution is 5.84. The molecule has 6 nitrogen and oxygen atoms in total. The maximum Gasteiger partial charge on any atom is 0.325 e. The summed E-state index contributed by atoms with van der Waals surface area (Å²) in [6.45, 7) is 6.13. The van der Waals surface area contributed by atoms with Gasteiger partial charge in [0.05, 0.1) is 6.54 Å². The number of piperazine rings is 1. The van der Waals surface area contributed by atoms with Gasteiger partial charge in [-0.3, -0.25) is 19.4 Å². The Hall–Kier alpha value is -1.92. The van der Waals surface area contributed by atoms with Crippen LogP contribution in [-0.2, 0) is 16.1 Å². The molecule has 1 aromatic carbocycles. The van der Waals surface area contributed by atoms with Gasteiger partial charge in [0.2, 0.25) is 5.91 Å². The van der Waals surface area contributed by atoms with Gasteiger partial charge >= 0.3 is 5.97 Å². The molecular formula is C16H23N3O3. The van der Waals surface area contributed by atoms with E-state index in [-0.39, 0.29) is 12.5 Å². The smallest absolute Gasteiger partial charge is 0.325 e. The summed E-state index contributed by atoms with van der Waals surface area (Å²) >= 11 is 0. The third kappa shape index (κ3) is 5.13. The molecule has 1 aliphatic rings. The number of rotatable bonds is 6. The number of nitrogens with zero attached hydrogens (tertiary/aromatic N) is 2. The van der Waals surface area contributed by atoms with E-state index in [4.69, 9.17) is 5.11 Å². The minimum atomic E-state index is -1.01. The molecule has 1 saturated heterocycles. The monoisotopic (exact) mass is 305 g/mol. The zero-order chi connectivity index (χ0) is 15.9. The quantitative estimate of drug-likeness (QED) is 0.795. The zero-order valence-corrected chi connectivity index (χ0v) is 12.9. The van der Waals surface area contributed by atoms with Crippen LogP contribution in [0, 0.1) is 0 Å². The molecule has 1 atom stereocenters. The number of carbonyl (C=O) groups is 2. The third-order valence-electron chi connectivity index (χ3n) is 3.83. The van der Waals surface area contributed by atoms with E-state index < -0.39 is 12.0 Å². The Kier molecular flexibility index (Phi) is 5.91. The number of benzene rings is 1. The van der Waals surface area contributed by atoms with Gasteiger partial charge in [0, 0.05) is 32.7 Å². The van der Waals surface area contributed by atoms with Crippen LogP contribution in [0.15, 0.2) is 30.3 Å². The fourth-order valence-corrected chi connectivity index (χ4v) is 2.50. The molecule has 0 aliphatic carbocycles. The standard InChI is InChI=1S/C16H23N3O3/c1-13(16(21)22)17-15(20)12-19-9-7-18(8-10-19)11-14-5-3-2-4-6-14/h2-6,13H,7-12H2,1H3,(H,17,20)(H,21,22)/t13-/m1/s1. The lowest BCUT2D eigenvalue weighted by Crippen LogP contribution is -2.50. The Bertz CT molecular complexity index is 499. The second-order valence-electron chi connectivity index (χ2n) is 5.67. The van der Waals surface area contributed by atoms with Crippen LogP contribution in [0.1, 0.15) is 12.5 Å². The fraction of sp³-hybridized carbons (Fsp3) is 0.500. The van der Waals surface area contributed by atoms with Crippen molar-refractivity contribution in [3.63, 3.8) is 0 Å². The lowest BCUT2D eigenvalue weighted by Gasteiger charge is -2.34. The molecule has 0 saturated carbocycles. The zero-order valence-electron chi connectivity index (χ0n) is 12.9. The molecule has 1 aliphatic heterocycles. The second-order valence-corrected chi connectivity index (χ2v) is 5.67. The first kappa shape index (κ1) is 16.5. The summed E-state index contributed by atoms with van der Waals surface area (Å²) in [5.41, 5.74) is 1.30. The van der Waals surface area contributed by atoms with Crippen LogP contribution in [0.4, 0.5) is 0 Å². The Balaban J connectivity index is 1.71. The molecule has 6 heteroatoms. The van der Waals surface area contributed by atoms with E-state index >= 15 is 0 Å². The first-order valence-electron chi connectivity index (χ1n) is 7.55. The van der Waals surface area contributed by atoms with Crippen LogP contribution in [-0.4, -0.2) is 65.5 Å². The van der Waals surface area contributed by atoms with Crippen LogP contribution in [0.5, 0.6) is 0 Å². The molecular weight excluding hydrogens is 282 g/mol. The molecule has 1 aromatic rings. The molecule has 0 bridgehead atoms. The number of hydrogen-bond acceptors (Lipinski definition) is 4. The van der Waals surface area contributed by atoms with E-state index in [1.165, 1.54) is 12.5 Å². The number of carbonyl (C=O) groups excluding carboxylic acids is 1. The molecule has 0 unspecified atom stereocenters. The summed E-state index contributed by atoms with van der Waals surface area (Å²) in [5.74, 6) is -1.24. The molecule has 1 amide bonds. The van der Waals surface area contributed by atoms with Crippen LogP contribution < -0.4 is 5.32 Å². The summed E-state index contributed by atoms with van der Waals surface area (Å²) in [6.07, 6.45) is 0. The molecule has 0 aromatic heterocycles. The first-order valence-corrected chi connectivity index (χ1v) is 7.55. The molecule has 22 heavy (non-hydrogen) atoms. The molecule has 2 rings (SSSR count). The van der Waals surface area contributed by atoms with Crippen molar-refractivity contribution >= 4 is 11.9 Å². The summed E-state index contributed by atoms with van der Waals surface area (Å²) in [7, 11) is 0. The molecule has 2 N–H and O–H groups in total. The van der Waals surface area contributed by atoms with E-state index in [1.54, 1.807) is 0 Å². The average molecular weight is 305 g/mol. The molecule has 0 radical (unpaired) electrons. The number of carboxylic acid groups (broad SMARTS) is 1. The second kappa shape index (κ2) is 7.91. The summed E-state index contributed by atoms with van der Waals surface area (Å²) < 4.78 is 0. The topological polar surface area (TPSA) is 72.9 Å². The maximum atomic E-state index is 11.8. The van der Waals surface area contributed by atoms with Crippen molar-refractivity contribution in [2.45, 2.75) is 19.5 Å². The van der Waals surface area contributed by atoms with Gasteiger partial charge in [-0.25, -0.2) is 0 Å². The molecule has 120 valence electrons. The van der Waals surface area contributed by atoms with Crippen LogP contribution in [0.2, 0.25) is 0 Å². The molecule has 1 fully saturated rings. The van der Waals surface area contributed by atoms with E-state index in [2.05, 4.69) is 27.2 Å². The van der Waals surface area contributed by atoms with Gasteiger partial charge in [-0.15, -0.1) is 0 Å². The minimum absolute atomic E-state index is 0.230. The van der Waals surface area contributed by atoms with Gasteiger partial charge in [0.1, 0.15) is 6.04 Å². The number of hydrogen-bond donors (Lipinski definition) is 2.